The van der Waals surface area contributed by atoms with Gasteiger partial charge in [-0.3, -0.25) is 14.8 Å². The van der Waals surface area contributed by atoms with Crippen molar-refractivity contribution in [3.63, 3.8) is 0 Å². The molecule has 0 N–H and O–H groups in total. The van der Waals surface area contributed by atoms with Gasteiger partial charge in [-0.1, -0.05) is 0 Å². The van der Waals surface area contributed by atoms with Gasteiger partial charge in [0.05, 0.1) is 22.1 Å². The van der Waals surface area contributed by atoms with Gasteiger partial charge in [-0.25, -0.2) is 4.39 Å². The van der Waals surface area contributed by atoms with Crippen LogP contribution >= 0.6 is 15.9 Å². The fourth-order valence-corrected chi connectivity index (χ4v) is 3.02. The summed E-state index contributed by atoms with van der Waals surface area (Å²) in [5, 5.41) is 0. The van der Waals surface area contributed by atoms with Crippen molar-refractivity contribution in [2.45, 2.75) is 24.8 Å². The van der Waals surface area contributed by atoms with E-state index in [1.807, 2.05) is 0 Å². The molecule has 1 spiro atoms. The molecule has 0 aliphatic carbocycles. The van der Waals surface area contributed by atoms with Gasteiger partial charge >= 0.3 is 0 Å². The van der Waals surface area contributed by atoms with E-state index < -0.39 is 11.4 Å². The maximum atomic E-state index is 13.2. The van der Waals surface area contributed by atoms with Crippen LogP contribution in [-0.4, -0.2) is 40.6 Å². The van der Waals surface area contributed by atoms with Crippen molar-refractivity contribution in [1.82, 2.24) is 9.88 Å². The highest BCUT2D eigenvalue weighted by Crippen LogP contribution is 2.37. The minimum absolute atomic E-state index is 0.0867. The first-order chi connectivity index (χ1) is 9.02. The molecule has 1 atom stereocenters. The van der Waals surface area contributed by atoms with Crippen LogP contribution in [0.3, 0.4) is 0 Å². The molecule has 0 aromatic carbocycles. The van der Waals surface area contributed by atoms with E-state index in [2.05, 4.69) is 25.9 Å². The average molecular weight is 326 g/mol. The van der Waals surface area contributed by atoms with Crippen LogP contribution in [0.1, 0.15) is 25.0 Å². The second-order valence-electron chi connectivity index (χ2n) is 5.05. The molecule has 0 radical (unpaired) electrons. The zero-order chi connectivity index (χ0) is 13.6. The molecule has 3 rings (SSSR count). The standard InChI is InChI=1S/C13H13BrFN3O/c1-18-5-4-13(12(18)19)3-2-10(17-13)11-6-8(14)9(15)7-16-11/h6-7H,2-5H2,1H3/t13-/m0/s1. The van der Waals surface area contributed by atoms with Gasteiger partial charge in [-0.15, -0.1) is 0 Å². The predicted octanol–water partition coefficient (Wildman–Crippen LogP) is 2.17. The third kappa shape index (κ3) is 1.98. The highest BCUT2D eigenvalue weighted by atomic mass is 79.9. The smallest absolute Gasteiger partial charge is 0.250 e. The van der Waals surface area contributed by atoms with E-state index in [9.17, 15) is 9.18 Å². The van der Waals surface area contributed by atoms with Crippen molar-refractivity contribution >= 4 is 27.5 Å². The van der Waals surface area contributed by atoms with Crippen molar-refractivity contribution in [3.05, 3.63) is 28.2 Å². The summed E-state index contributed by atoms with van der Waals surface area (Å²) in [6, 6.07) is 1.62. The SMILES string of the molecule is CN1CC[C@@]2(CCC(c3cc(Br)c(F)cn3)=N2)C1=O. The van der Waals surface area contributed by atoms with Crippen LogP contribution in [0.2, 0.25) is 0 Å². The summed E-state index contributed by atoms with van der Waals surface area (Å²) in [6.07, 6.45) is 3.37. The van der Waals surface area contributed by atoms with Gasteiger partial charge < -0.3 is 4.90 Å². The third-order valence-corrected chi connectivity index (χ3v) is 4.44. The van der Waals surface area contributed by atoms with Gasteiger partial charge in [-0.2, -0.15) is 0 Å². The van der Waals surface area contributed by atoms with Crippen LogP contribution < -0.4 is 0 Å². The molecule has 6 heteroatoms. The second kappa shape index (κ2) is 4.37. The minimum atomic E-state index is -0.591. The number of hydrogen-bond acceptors (Lipinski definition) is 3. The van der Waals surface area contributed by atoms with Crippen LogP contribution in [0.15, 0.2) is 21.7 Å². The fraction of sp³-hybridized carbons (Fsp3) is 0.462. The molecule has 1 amide bonds. The molecule has 4 nitrogen and oxygen atoms in total. The molecule has 100 valence electrons. The summed E-state index contributed by atoms with van der Waals surface area (Å²) in [6.45, 7) is 0.746. The van der Waals surface area contributed by atoms with E-state index in [0.29, 0.717) is 16.6 Å². The van der Waals surface area contributed by atoms with Gasteiger partial charge in [-0.05, 0) is 41.3 Å². The monoisotopic (exact) mass is 325 g/mol. The molecule has 1 saturated heterocycles. The Morgan fingerprint density at radius 3 is 2.89 bits per heavy atom. The van der Waals surface area contributed by atoms with Crippen molar-refractivity contribution in [2.24, 2.45) is 4.99 Å². The summed E-state index contributed by atoms with van der Waals surface area (Å²) in [5.41, 5.74) is 0.851. The minimum Gasteiger partial charge on any atom is -0.344 e. The van der Waals surface area contributed by atoms with Gasteiger partial charge in [0.1, 0.15) is 5.54 Å². The average Bonchev–Trinajstić information content (AvgIpc) is 2.94. The summed E-state index contributed by atoms with van der Waals surface area (Å²) >= 11 is 3.14. The zero-order valence-corrected chi connectivity index (χ0v) is 12.1. The number of likely N-dealkylation sites (N-methyl/N-ethyl adjacent to an activating group) is 1. The van der Waals surface area contributed by atoms with Crippen LogP contribution in [0.25, 0.3) is 0 Å². The number of hydrogen-bond donors (Lipinski definition) is 0. The number of carbonyl (C=O) groups excluding carboxylic acids is 1. The largest absolute Gasteiger partial charge is 0.344 e. The number of aromatic nitrogens is 1. The van der Waals surface area contributed by atoms with Crippen LogP contribution in [-0.2, 0) is 4.79 Å². The third-order valence-electron chi connectivity index (χ3n) is 3.83. The second-order valence-corrected chi connectivity index (χ2v) is 5.90. The maximum Gasteiger partial charge on any atom is 0.250 e. The van der Waals surface area contributed by atoms with Gasteiger partial charge in [0, 0.05) is 13.6 Å². The van der Waals surface area contributed by atoms with Crippen molar-refractivity contribution in [3.8, 4) is 0 Å². The van der Waals surface area contributed by atoms with E-state index >= 15 is 0 Å². The zero-order valence-electron chi connectivity index (χ0n) is 10.5. The lowest BCUT2D eigenvalue weighted by atomic mass is 9.95. The Hall–Kier alpha value is -1.30. The first kappa shape index (κ1) is 12.7. The Labute approximate surface area is 118 Å². The molecule has 2 aliphatic rings. The Balaban J connectivity index is 1.95. The quantitative estimate of drug-likeness (QED) is 0.794. The highest BCUT2D eigenvalue weighted by Gasteiger charge is 2.48. The summed E-state index contributed by atoms with van der Waals surface area (Å²) in [4.78, 5) is 22.5. The lowest BCUT2D eigenvalue weighted by molar-refractivity contribution is -0.130. The lowest BCUT2D eigenvalue weighted by Crippen LogP contribution is -2.35. The predicted molar refractivity (Wildman–Crippen MR) is 72.7 cm³/mol. The van der Waals surface area contributed by atoms with Gasteiger partial charge in [0.15, 0.2) is 5.82 Å². The van der Waals surface area contributed by atoms with Crippen LogP contribution in [0.5, 0.6) is 0 Å². The molecule has 0 bridgehead atoms. The first-order valence-electron chi connectivity index (χ1n) is 6.17. The molecular weight excluding hydrogens is 313 g/mol. The van der Waals surface area contributed by atoms with Crippen LogP contribution in [0, 0.1) is 5.82 Å². The molecule has 19 heavy (non-hydrogen) atoms. The topological polar surface area (TPSA) is 45.6 Å². The molecule has 0 saturated carbocycles. The summed E-state index contributed by atoms with van der Waals surface area (Å²) < 4.78 is 13.6. The van der Waals surface area contributed by atoms with E-state index in [1.165, 1.54) is 6.20 Å². The Bertz CT molecular complexity index is 589. The van der Waals surface area contributed by atoms with E-state index in [1.54, 1.807) is 18.0 Å². The van der Waals surface area contributed by atoms with Crippen molar-refractivity contribution in [1.29, 1.82) is 0 Å². The summed E-state index contributed by atoms with van der Waals surface area (Å²) in [5.74, 6) is -0.308. The highest BCUT2D eigenvalue weighted by molar-refractivity contribution is 9.10. The number of aliphatic imine (C=N–C) groups is 1. The first-order valence-corrected chi connectivity index (χ1v) is 6.97. The van der Waals surface area contributed by atoms with Crippen molar-refractivity contribution < 1.29 is 9.18 Å². The Morgan fingerprint density at radius 1 is 1.47 bits per heavy atom. The maximum absolute atomic E-state index is 13.2. The molecule has 1 fully saturated rings. The lowest BCUT2D eigenvalue weighted by Gasteiger charge is -2.16. The molecule has 1 aromatic heterocycles. The number of likely N-dealkylation sites (tertiary alicyclic amines) is 1. The van der Waals surface area contributed by atoms with Crippen LogP contribution in [0.4, 0.5) is 4.39 Å². The molecule has 1 aromatic rings. The van der Waals surface area contributed by atoms with Gasteiger partial charge in [0.25, 0.3) is 0 Å². The number of nitrogens with zero attached hydrogens (tertiary/aromatic N) is 3. The number of carbonyl (C=O) groups is 1. The van der Waals surface area contributed by atoms with E-state index in [-0.39, 0.29) is 5.91 Å². The van der Waals surface area contributed by atoms with Crippen molar-refractivity contribution in [2.75, 3.05) is 13.6 Å². The van der Waals surface area contributed by atoms with Gasteiger partial charge in [0.2, 0.25) is 5.91 Å². The molecular formula is C13H13BrFN3O. The number of halogens is 2. The number of pyridine rings is 1. The molecule has 3 heterocycles. The summed E-state index contributed by atoms with van der Waals surface area (Å²) in [7, 11) is 1.80. The fourth-order valence-electron chi connectivity index (χ4n) is 2.70. The normalized spacial score (nSPS) is 26.4. The molecule has 2 aliphatic heterocycles. The Morgan fingerprint density at radius 2 is 2.26 bits per heavy atom. The Kier molecular flexibility index (Phi) is 2.92. The van der Waals surface area contributed by atoms with E-state index in [0.717, 1.165) is 25.1 Å². The van der Waals surface area contributed by atoms with E-state index in [4.69, 9.17) is 0 Å². The number of rotatable bonds is 1. The number of amides is 1. The molecule has 0 unspecified atom stereocenters.